The number of aryl methyl sites for hydroxylation is 2. The molecule has 1 aliphatic rings. The standard InChI is InChI=1S/C20H27N5O/c1-15-9-19-20(10-16(15)2)25(14-22-19)12-18(26)11-23-6-3-17(4-7-23)24-8-5-21-13-24/h5,8-10,13-14,17-18,26H,3-4,6-7,11-12H2,1-2H3/t18-/m1/s1. The Labute approximate surface area is 154 Å². The van der Waals surface area contributed by atoms with E-state index in [0.717, 1.165) is 37.0 Å². The van der Waals surface area contributed by atoms with Gasteiger partial charge < -0.3 is 19.1 Å². The molecule has 1 atom stereocenters. The number of aliphatic hydroxyl groups excluding tert-OH is 1. The zero-order chi connectivity index (χ0) is 18.1. The maximum absolute atomic E-state index is 10.6. The van der Waals surface area contributed by atoms with E-state index in [9.17, 15) is 5.11 Å². The Morgan fingerprint density at radius 3 is 2.62 bits per heavy atom. The lowest BCUT2D eigenvalue weighted by molar-refractivity contribution is 0.0801. The van der Waals surface area contributed by atoms with Gasteiger partial charge in [0.2, 0.25) is 0 Å². The predicted octanol–water partition coefficient (Wildman–Crippen LogP) is 2.55. The van der Waals surface area contributed by atoms with Crippen LogP contribution in [0.1, 0.15) is 30.0 Å². The molecule has 26 heavy (non-hydrogen) atoms. The molecule has 1 N–H and O–H groups in total. The van der Waals surface area contributed by atoms with Gasteiger partial charge in [-0.3, -0.25) is 0 Å². The molecule has 4 rings (SSSR count). The number of aliphatic hydroxyl groups is 1. The van der Waals surface area contributed by atoms with Crippen molar-refractivity contribution in [2.45, 2.75) is 45.4 Å². The predicted molar refractivity (Wildman–Crippen MR) is 102 cm³/mol. The minimum atomic E-state index is -0.390. The molecule has 0 unspecified atom stereocenters. The fourth-order valence-corrected chi connectivity index (χ4v) is 3.93. The molecular weight excluding hydrogens is 326 g/mol. The third kappa shape index (κ3) is 3.52. The molecule has 1 aromatic carbocycles. The van der Waals surface area contributed by atoms with E-state index in [2.05, 4.69) is 50.0 Å². The van der Waals surface area contributed by atoms with E-state index in [-0.39, 0.29) is 6.10 Å². The Bertz CT molecular complexity index is 862. The SMILES string of the molecule is Cc1cc2ncn(C[C@H](O)CN3CCC(n4ccnc4)CC3)c2cc1C. The van der Waals surface area contributed by atoms with Crippen LogP contribution in [0, 0.1) is 13.8 Å². The van der Waals surface area contributed by atoms with E-state index in [4.69, 9.17) is 0 Å². The summed E-state index contributed by atoms with van der Waals surface area (Å²) in [6.45, 7) is 7.55. The molecule has 6 heteroatoms. The van der Waals surface area contributed by atoms with Crippen molar-refractivity contribution < 1.29 is 5.11 Å². The summed E-state index contributed by atoms with van der Waals surface area (Å²) >= 11 is 0. The summed E-state index contributed by atoms with van der Waals surface area (Å²) in [7, 11) is 0. The fourth-order valence-electron chi connectivity index (χ4n) is 3.93. The number of nitrogens with zero attached hydrogens (tertiary/aromatic N) is 5. The number of aromatic nitrogens is 4. The van der Waals surface area contributed by atoms with E-state index in [1.165, 1.54) is 11.1 Å². The van der Waals surface area contributed by atoms with Crippen molar-refractivity contribution >= 4 is 11.0 Å². The average molecular weight is 353 g/mol. The van der Waals surface area contributed by atoms with Crippen molar-refractivity contribution in [3.63, 3.8) is 0 Å². The van der Waals surface area contributed by atoms with Crippen LogP contribution in [0.15, 0.2) is 37.2 Å². The molecule has 6 nitrogen and oxygen atoms in total. The van der Waals surface area contributed by atoms with Crippen molar-refractivity contribution in [2.24, 2.45) is 0 Å². The molecule has 0 amide bonds. The number of hydrogen-bond donors (Lipinski definition) is 1. The van der Waals surface area contributed by atoms with E-state index in [1.54, 1.807) is 0 Å². The number of benzene rings is 1. The summed E-state index contributed by atoms with van der Waals surface area (Å²) in [4.78, 5) is 11.0. The highest BCUT2D eigenvalue weighted by Crippen LogP contribution is 2.23. The first-order valence-electron chi connectivity index (χ1n) is 9.40. The summed E-state index contributed by atoms with van der Waals surface area (Å²) in [5.74, 6) is 0. The molecule has 138 valence electrons. The smallest absolute Gasteiger partial charge is 0.0959 e. The van der Waals surface area contributed by atoms with Gasteiger partial charge in [-0.2, -0.15) is 0 Å². The number of likely N-dealkylation sites (tertiary alicyclic amines) is 1. The van der Waals surface area contributed by atoms with Gasteiger partial charge in [-0.25, -0.2) is 9.97 Å². The lowest BCUT2D eigenvalue weighted by Gasteiger charge is -2.33. The second-order valence-corrected chi connectivity index (χ2v) is 7.52. The molecule has 0 saturated carbocycles. The van der Waals surface area contributed by atoms with E-state index in [0.29, 0.717) is 19.1 Å². The van der Waals surface area contributed by atoms with Gasteiger partial charge in [0.05, 0.1) is 36.3 Å². The number of fused-ring (bicyclic) bond motifs is 1. The summed E-state index contributed by atoms with van der Waals surface area (Å²) in [6.07, 6.45) is 9.46. The highest BCUT2D eigenvalue weighted by Gasteiger charge is 2.22. The van der Waals surface area contributed by atoms with Crippen molar-refractivity contribution in [3.05, 3.63) is 48.3 Å². The van der Waals surface area contributed by atoms with Crippen LogP contribution in [-0.2, 0) is 6.54 Å². The lowest BCUT2D eigenvalue weighted by Crippen LogP contribution is -2.40. The van der Waals surface area contributed by atoms with Crippen molar-refractivity contribution in [1.29, 1.82) is 0 Å². The second kappa shape index (κ2) is 7.21. The monoisotopic (exact) mass is 353 g/mol. The lowest BCUT2D eigenvalue weighted by atomic mass is 10.0. The zero-order valence-electron chi connectivity index (χ0n) is 15.5. The van der Waals surface area contributed by atoms with Gasteiger partial charge in [0, 0.05) is 38.1 Å². The zero-order valence-corrected chi connectivity index (χ0v) is 15.5. The summed E-state index contributed by atoms with van der Waals surface area (Å²) in [5, 5.41) is 10.6. The largest absolute Gasteiger partial charge is 0.390 e. The van der Waals surface area contributed by atoms with Gasteiger partial charge >= 0.3 is 0 Å². The minimum Gasteiger partial charge on any atom is -0.390 e. The van der Waals surface area contributed by atoms with Gasteiger partial charge in [0.25, 0.3) is 0 Å². The van der Waals surface area contributed by atoms with Crippen LogP contribution in [-0.4, -0.2) is 54.8 Å². The maximum Gasteiger partial charge on any atom is 0.0959 e. The van der Waals surface area contributed by atoms with Crippen LogP contribution >= 0.6 is 0 Å². The second-order valence-electron chi connectivity index (χ2n) is 7.52. The Balaban J connectivity index is 1.35. The molecular formula is C20H27N5O. The Hall–Kier alpha value is -2.18. The van der Waals surface area contributed by atoms with Crippen LogP contribution in [0.4, 0.5) is 0 Å². The molecule has 0 bridgehead atoms. The van der Waals surface area contributed by atoms with Gasteiger partial charge in [0.15, 0.2) is 0 Å². The number of rotatable bonds is 5. The normalized spacial score (nSPS) is 17.8. The van der Waals surface area contributed by atoms with Crippen LogP contribution in [0.25, 0.3) is 11.0 Å². The fraction of sp³-hybridized carbons (Fsp3) is 0.500. The third-order valence-electron chi connectivity index (χ3n) is 5.62. The first kappa shape index (κ1) is 17.2. The number of hydrogen-bond acceptors (Lipinski definition) is 4. The summed E-state index contributed by atoms with van der Waals surface area (Å²) in [6, 6.07) is 4.82. The molecule has 1 saturated heterocycles. The minimum absolute atomic E-state index is 0.390. The summed E-state index contributed by atoms with van der Waals surface area (Å²) < 4.78 is 4.28. The highest BCUT2D eigenvalue weighted by molar-refractivity contribution is 5.77. The van der Waals surface area contributed by atoms with Crippen molar-refractivity contribution in [2.75, 3.05) is 19.6 Å². The maximum atomic E-state index is 10.6. The number of β-amino-alcohol motifs (C(OH)–C–C–N with tert-alkyl or cyclic N) is 1. The van der Waals surface area contributed by atoms with Gasteiger partial charge in [-0.15, -0.1) is 0 Å². The molecule has 1 aliphatic heterocycles. The van der Waals surface area contributed by atoms with Gasteiger partial charge in [0.1, 0.15) is 0 Å². The quantitative estimate of drug-likeness (QED) is 0.766. The van der Waals surface area contributed by atoms with E-state index >= 15 is 0 Å². The molecule has 3 aromatic rings. The Morgan fingerprint density at radius 1 is 1.12 bits per heavy atom. The van der Waals surface area contributed by atoms with Crippen LogP contribution in [0.3, 0.4) is 0 Å². The highest BCUT2D eigenvalue weighted by atomic mass is 16.3. The topological polar surface area (TPSA) is 59.1 Å². The third-order valence-corrected chi connectivity index (χ3v) is 5.62. The van der Waals surface area contributed by atoms with Crippen LogP contribution in [0.2, 0.25) is 0 Å². The van der Waals surface area contributed by atoms with Crippen molar-refractivity contribution in [1.82, 2.24) is 24.0 Å². The van der Waals surface area contributed by atoms with Crippen molar-refractivity contribution in [3.8, 4) is 0 Å². The van der Waals surface area contributed by atoms with Gasteiger partial charge in [-0.1, -0.05) is 0 Å². The summed E-state index contributed by atoms with van der Waals surface area (Å²) in [5.41, 5.74) is 4.62. The Kier molecular flexibility index (Phi) is 4.78. The van der Waals surface area contributed by atoms with Gasteiger partial charge in [-0.05, 0) is 49.9 Å². The Morgan fingerprint density at radius 2 is 1.88 bits per heavy atom. The molecule has 2 aromatic heterocycles. The molecule has 0 radical (unpaired) electrons. The van der Waals surface area contributed by atoms with Crippen LogP contribution < -0.4 is 0 Å². The van der Waals surface area contributed by atoms with Crippen LogP contribution in [0.5, 0.6) is 0 Å². The first-order chi connectivity index (χ1) is 12.6. The average Bonchev–Trinajstić information content (AvgIpc) is 3.27. The molecule has 0 spiro atoms. The molecule has 0 aliphatic carbocycles. The number of imidazole rings is 2. The molecule has 1 fully saturated rings. The van der Waals surface area contributed by atoms with E-state index in [1.807, 2.05) is 25.0 Å². The first-order valence-corrected chi connectivity index (χ1v) is 9.40. The molecule has 3 heterocycles. The van der Waals surface area contributed by atoms with E-state index < -0.39 is 0 Å². The number of piperidine rings is 1.